The fourth-order valence-electron chi connectivity index (χ4n) is 7.55. The summed E-state index contributed by atoms with van der Waals surface area (Å²) in [6.45, 7) is 4.59. The normalized spacial score (nSPS) is 13.6. The van der Waals surface area contributed by atoms with Crippen molar-refractivity contribution < 1.29 is 42.9 Å². The Morgan fingerprint density at radius 3 is 1.16 bits per heavy atom. The highest BCUT2D eigenvalue weighted by Crippen LogP contribution is 2.14. The van der Waals surface area contributed by atoms with E-state index in [2.05, 4.69) is 123 Å². The maximum atomic E-state index is 12.9. The van der Waals surface area contributed by atoms with E-state index >= 15 is 0 Å². The van der Waals surface area contributed by atoms with Gasteiger partial charge in [-0.2, -0.15) is 0 Å². The first-order valence-corrected chi connectivity index (χ1v) is 29.0. The van der Waals surface area contributed by atoms with Gasteiger partial charge in [0.25, 0.3) is 0 Å². The Bertz CT molecular complexity index is 1560. The molecule has 0 fully saturated rings. The van der Waals surface area contributed by atoms with E-state index in [1.807, 2.05) is 21.1 Å². The Kier molecular flexibility index (Phi) is 51.2. The number of carbonyl (C=O) groups is 3. The topological polar surface area (TPSA) is 111 Å². The molecule has 416 valence electrons. The van der Waals surface area contributed by atoms with Gasteiger partial charge in [-0.15, -0.1) is 0 Å². The van der Waals surface area contributed by atoms with Crippen molar-refractivity contribution in [1.29, 1.82) is 0 Å². The van der Waals surface area contributed by atoms with Crippen LogP contribution in [0.25, 0.3) is 0 Å². The van der Waals surface area contributed by atoms with Crippen molar-refractivity contribution >= 4 is 17.9 Å². The molecule has 9 heteroatoms. The van der Waals surface area contributed by atoms with Crippen molar-refractivity contribution in [2.24, 2.45) is 0 Å². The molecule has 0 aliphatic carbocycles. The minimum absolute atomic E-state index is 0.137. The van der Waals surface area contributed by atoms with E-state index in [0.29, 0.717) is 17.4 Å². The number of carbonyl (C=O) groups excluding carboxylic acids is 3. The van der Waals surface area contributed by atoms with Crippen LogP contribution in [0.1, 0.15) is 219 Å². The van der Waals surface area contributed by atoms with Crippen molar-refractivity contribution in [3.63, 3.8) is 0 Å². The number of ether oxygens (including phenoxy) is 4. The van der Waals surface area contributed by atoms with E-state index in [1.54, 1.807) is 0 Å². The summed E-state index contributed by atoms with van der Waals surface area (Å²) in [5, 5.41) is 11.8. The van der Waals surface area contributed by atoms with Crippen LogP contribution in [0.2, 0.25) is 0 Å². The number of carboxylic acid groups (broad SMARTS) is 1. The van der Waals surface area contributed by atoms with Gasteiger partial charge in [-0.25, -0.2) is 0 Å². The molecule has 0 heterocycles. The number of carboxylic acids is 1. The fraction of sp³-hybridized carbons (Fsp3) is 0.672. The molecule has 0 aromatic rings. The largest absolute Gasteiger partial charge is 0.545 e. The molecule has 0 aromatic heterocycles. The van der Waals surface area contributed by atoms with Gasteiger partial charge in [-0.3, -0.25) is 9.59 Å². The summed E-state index contributed by atoms with van der Waals surface area (Å²) in [7, 11) is 5.90. The number of hydrogen-bond acceptors (Lipinski definition) is 8. The zero-order valence-corrected chi connectivity index (χ0v) is 47.2. The Balaban J connectivity index is 4.35. The van der Waals surface area contributed by atoms with Crippen LogP contribution in [0.15, 0.2) is 109 Å². The maximum Gasteiger partial charge on any atom is 0.306 e. The Morgan fingerprint density at radius 2 is 0.781 bits per heavy atom. The van der Waals surface area contributed by atoms with E-state index in [1.165, 1.54) is 70.6 Å². The summed E-state index contributed by atoms with van der Waals surface area (Å²) in [6, 6.07) is 0. The average Bonchev–Trinajstić information content (AvgIpc) is 3.36. The molecule has 0 aromatic carbocycles. The molecule has 0 radical (unpaired) electrons. The van der Waals surface area contributed by atoms with E-state index in [-0.39, 0.29) is 38.6 Å². The van der Waals surface area contributed by atoms with Gasteiger partial charge in [0.05, 0.1) is 40.3 Å². The highest BCUT2D eigenvalue weighted by molar-refractivity contribution is 5.70. The minimum atomic E-state index is -1.64. The van der Waals surface area contributed by atoms with Crippen molar-refractivity contribution in [3.8, 4) is 0 Å². The lowest BCUT2D eigenvalue weighted by Crippen LogP contribution is -2.44. The first kappa shape index (κ1) is 69.0. The third-order valence-electron chi connectivity index (χ3n) is 12.0. The second kappa shape index (κ2) is 54.2. The second-order valence-electron chi connectivity index (χ2n) is 20.2. The molecule has 73 heavy (non-hydrogen) atoms. The molecule has 0 aliphatic rings. The third-order valence-corrected chi connectivity index (χ3v) is 12.0. The number of aliphatic carboxylic acids is 1. The first-order chi connectivity index (χ1) is 35.6. The lowest BCUT2D eigenvalue weighted by molar-refractivity contribution is -0.870. The molecule has 0 rings (SSSR count). The summed E-state index contributed by atoms with van der Waals surface area (Å²) >= 11 is 0. The molecular weight excluding hydrogens is 911 g/mol. The summed E-state index contributed by atoms with van der Waals surface area (Å²) in [4.78, 5) is 37.3. The average molecular weight is 1020 g/mol. The highest BCUT2D eigenvalue weighted by Gasteiger charge is 2.22. The molecule has 0 saturated heterocycles. The molecular formula is C64H107NO8. The summed E-state index contributed by atoms with van der Waals surface area (Å²) in [5.74, 6) is -2.32. The minimum Gasteiger partial charge on any atom is -0.545 e. The van der Waals surface area contributed by atoms with Crippen molar-refractivity contribution in [1.82, 2.24) is 0 Å². The molecule has 0 bridgehead atoms. The number of nitrogens with zero attached hydrogens (tertiary/aromatic N) is 1. The van der Waals surface area contributed by atoms with Crippen LogP contribution in [0.3, 0.4) is 0 Å². The Hall–Kier alpha value is -4.05. The predicted molar refractivity (Wildman–Crippen MR) is 306 cm³/mol. The number of unbranched alkanes of at least 4 members (excludes halogenated alkanes) is 19. The van der Waals surface area contributed by atoms with Gasteiger partial charge in [0, 0.05) is 12.8 Å². The van der Waals surface area contributed by atoms with Crippen LogP contribution in [-0.4, -0.2) is 82.3 Å². The standard InChI is InChI=1S/C64H107NO8/c1-6-8-10-12-14-16-18-20-22-24-26-28-29-30-31-32-33-35-37-39-41-43-45-47-49-51-53-55-62(67)73-60(59-72-64(63(68)69)70-57-56-65(3,4)5)58-71-61(66)54-52-50-48-46-44-42-40-38-36-34-27-25-23-21-19-17-15-13-11-9-7-2/h8,10,14,16,19-22,25-28,30-31,33,35,39,41,60,64H,6-7,9,11-13,15,17-18,23-24,29,32,34,36-38,40,42-59H2,1-5H3/b10-8-,16-14-,21-19-,22-20-,27-25-,28-26-,31-30-,35-33-,41-39-. The third kappa shape index (κ3) is 55.5. The monoisotopic (exact) mass is 1020 g/mol. The number of esters is 2. The molecule has 0 amide bonds. The number of allylic oxidation sites excluding steroid dienone is 18. The van der Waals surface area contributed by atoms with Gasteiger partial charge in [0.15, 0.2) is 12.4 Å². The van der Waals surface area contributed by atoms with E-state index in [9.17, 15) is 19.5 Å². The van der Waals surface area contributed by atoms with E-state index in [0.717, 1.165) is 116 Å². The van der Waals surface area contributed by atoms with Gasteiger partial charge in [0.2, 0.25) is 0 Å². The van der Waals surface area contributed by atoms with Crippen LogP contribution in [0.5, 0.6) is 0 Å². The van der Waals surface area contributed by atoms with Crippen LogP contribution in [-0.2, 0) is 33.3 Å². The molecule has 2 atom stereocenters. The molecule has 2 unspecified atom stereocenters. The van der Waals surface area contributed by atoms with Crippen LogP contribution < -0.4 is 5.11 Å². The van der Waals surface area contributed by atoms with Crippen LogP contribution in [0.4, 0.5) is 0 Å². The number of likely N-dealkylation sites (N-methyl/N-ethyl adjacent to an activating group) is 1. The maximum absolute atomic E-state index is 12.9. The predicted octanol–water partition coefficient (Wildman–Crippen LogP) is 15.8. The van der Waals surface area contributed by atoms with Crippen molar-refractivity contribution in [2.75, 3.05) is 47.5 Å². The van der Waals surface area contributed by atoms with Crippen molar-refractivity contribution in [2.45, 2.75) is 232 Å². The zero-order chi connectivity index (χ0) is 53.4. The number of rotatable bonds is 52. The molecule has 9 nitrogen and oxygen atoms in total. The number of hydrogen-bond donors (Lipinski definition) is 0. The van der Waals surface area contributed by atoms with Crippen molar-refractivity contribution in [3.05, 3.63) is 109 Å². The Labute approximate surface area is 447 Å². The van der Waals surface area contributed by atoms with Gasteiger partial charge >= 0.3 is 11.9 Å². The molecule has 0 N–H and O–H groups in total. The fourth-order valence-corrected chi connectivity index (χ4v) is 7.55. The summed E-state index contributed by atoms with van der Waals surface area (Å²) in [5.41, 5.74) is 0. The lowest BCUT2D eigenvalue weighted by Gasteiger charge is -2.26. The summed E-state index contributed by atoms with van der Waals surface area (Å²) < 4.78 is 22.7. The van der Waals surface area contributed by atoms with Gasteiger partial charge in [-0.05, 0) is 103 Å². The number of quaternary nitrogens is 1. The quantitative estimate of drug-likeness (QED) is 0.0195. The second-order valence-corrected chi connectivity index (χ2v) is 20.2. The molecule has 0 aliphatic heterocycles. The molecule has 0 saturated carbocycles. The molecule has 0 spiro atoms. The van der Waals surface area contributed by atoms with E-state index in [4.69, 9.17) is 18.9 Å². The first-order valence-electron chi connectivity index (χ1n) is 29.0. The van der Waals surface area contributed by atoms with Gasteiger partial charge in [-0.1, -0.05) is 213 Å². The Morgan fingerprint density at radius 1 is 0.425 bits per heavy atom. The van der Waals surface area contributed by atoms with Gasteiger partial charge < -0.3 is 33.3 Å². The van der Waals surface area contributed by atoms with E-state index < -0.39 is 24.3 Å². The SMILES string of the molecule is CC/C=C\C/C=C\C/C=C\C/C=C\C/C=C\C/C=C\C/C=C\CCCCCCCC(=O)OC(COC(=O)CCCCCCCCCCC/C=C\C/C=C\CCCCCCC)COC(OCC[N+](C)(C)C)C(=O)[O-]. The summed E-state index contributed by atoms with van der Waals surface area (Å²) in [6.07, 6.45) is 71.3. The lowest BCUT2D eigenvalue weighted by atomic mass is 10.1. The highest BCUT2D eigenvalue weighted by atomic mass is 16.7. The van der Waals surface area contributed by atoms with Crippen LogP contribution in [0, 0.1) is 0 Å². The van der Waals surface area contributed by atoms with Gasteiger partial charge in [0.1, 0.15) is 13.2 Å². The smallest absolute Gasteiger partial charge is 0.306 e. The zero-order valence-electron chi connectivity index (χ0n) is 47.2. The van der Waals surface area contributed by atoms with Crippen LogP contribution >= 0.6 is 0 Å².